The number of piperidine rings is 2. The number of hydrogen-bond donors (Lipinski definition) is 1. The van der Waals surface area contributed by atoms with Crippen molar-refractivity contribution in [3.63, 3.8) is 0 Å². The average molecular weight is 358 g/mol. The number of rotatable bonds is 4. The van der Waals surface area contributed by atoms with Gasteiger partial charge in [0.05, 0.1) is 0 Å². The number of thiophene rings is 1. The summed E-state index contributed by atoms with van der Waals surface area (Å²) in [6, 6.07) is 3.36. The van der Waals surface area contributed by atoms with Gasteiger partial charge < -0.3 is 5.73 Å². The first-order valence-corrected chi connectivity index (χ1v) is 10.4. The molecule has 0 bridgehead atoms. The van der Waals surface area contributed by atoms with Gasteiger partial charge >= 0.3 is 0 Å². The van der Waals surface area contributed by atoms with Gasteiger partial charge in [0, 0.05) is 13.1 Å². The van der Waals surface area contributed by atoms with Crippen LogP contribution in [0.4, 0.5) is 0 Å². The minimum atomic E-state index is -3.44. The molecule has 1 aromatic rings. The van der Waals surface area contributed by atoms with Crippen LogP contribution in [0.2, 0.25) is 0 Å². The summed E-state index contributed by atoms with van der Waals surface area (Å²) >= 11 is 1.23. The lowest BCUT2D eigenvalue weighted by atomic mass is 9.84. The molecule has 6 nitrogen and oxygen atoms in total. The molecule has 2 aliphatic heterocycles. The average Bonchev–Trinajstić information content (AvgIpc) is 3.11. The summed E-state index contributed by atoms with van der Waals surface area (Å²) in [5.74, 6) is -0.312. The fourth-order valence-electron chi connectivity index (χ4n) is 3.67. The van der Waals surface area contributed by atoms with Gasteiger partial charge in [0.2, 0.25) is 5.91 Å². The molecule has 0 unspecified atom stereocenters. The van der Waals surface area contributed by atoms with Crippen LogP contribution in [-0.2, 0) is 14.8 Å². The molecule has 0 aliphatic carbocycles. The summed E-state index contributed by atoms with van der Waals surface area (Å²) in [7, 11) is -3.44. The molecule has 2 N–H and O–H groups in total. The highest BCUT2D eigenvalue weighted by atomic mass is 32.2. The molecule has 0 radical (unpaired) electrons. The predicted molar refractivity (Wildman–Crippen MR) is 89.7 cm³/mol. The second-order valence-corrected chi connectivity index (χ2v) is 9.39. The Balaban J connectivity index is 1.76. The second kappa shape index (κ2) is 6.51. The van der Waals surface area contributed by atoms with Crippen molar-refractivity contribution in [1.29, 1.82) is 0 Å². The maximum Gasteiger partial charge on any atom is 0.252 e. The minimum absolute atomic E-state index is 0.312. The van der Waals surface area contributed by atoms with E-state index >= 15 is 0 Å². The molecule has 0 saturated carbocycles. The number of likely N-dealkylation sites (tertiary alicyclic amines) is 1. The molecular formula is C15H23N3O3S2. The van der Waals surface area contributed by atoms with Crippen LogP contribution in [0, 0.1) is 0 Å². The zero-order valence-electron chi connectivity index (χ0n) is 13.1. The number of hydrogen-bond acceptors (Lipinski definition) is 5. The summed E-state index contributed by atoms with van der Waals surface area (Å²) in [5, 5.41) is 1.76. The normalized spacial score (nSPS) is 23.7. The van der Waals surface area contributed by atoms with Crippen molar-refractivity contribution in [3.8, 4) is 0 Å². The van der Waals surface area contributed by atoms with Gasteiger partial charge in [0.15, 0.2) is 0 Å². The molecule has 1 amide bonds. The van der Waals surface area contributed by atoms with Crippen molar-refractivity contribution in [2.75, 3.05) is 26.2 Å². The third-order valence-corrected chi connectivity index (χ3v) is 8.33. The van der Waals surface area contributed by atoms with E-state index in [2.05, 4.69) is 4.90 Å². The highest BCUT2D eigenvalue weighted by Gasteiger charge is 2.47. The first-order chi connectivity index (χ1) is 11.0. The molecule has 128 valence electrons. The van der Waals surface area contributed by atoms with Crippen molar-refractivity contribution >= 4 is 27.3 Å². The summed E-state index contributed by atoms with van der Waals surface area (Å²) in [6.07, 6.45) is 4.29. The lowest BCUT2D eigenvalue weighted by molar-refractivity contribution is -0.134. The molecule has 2 aliphatic rings. The van der Waals surface area contributed by atoms with Crippen LogP contribution in [0.5, 0.6) is 0 Å². The number of nitrogens with zero attached hydrogens (tertiary/aromatic N) is 2. The molecule has 0 atom stereocenters. The van der Waals surface area contributed by atoms with E-state index in [9.17, 15) is 13.2 Å². The summed E-state index contributed by atoms with van der Waals surface area (Å²) in [4.78, 5) is 14.4. The Hall–Kier alpha value is -0.960. The first-order valence-electron chi connectivity index (χ1n) is 8.05. The van der Waals surface area contributed by atoms with Crippen molar-refractivity contribution in [2.24, 2.45) is 5.73 Å². The van der Waals surface area contributed by atoms with E-state index in [1.807, 2.05) is 0 Å². The quantitative estimate of drug-likeness (QED) is 0.879. The first kappa shape index (κ1) is 16.9. The number of nitrogens with two attached hydrogens (primary N) is 1. The number of amides is 1. The van der Waals surface area contributed by atoms with Crippen LogP contribution in [0.25, 0.3) is 0 Å². The van der Waals surface area contributed by atoms with E-state index < -0.39 is 15.6 Å². The third kappa shape index (κ3) is 3.05. The highest BCUT2D eigenvalue weighted by molar-refractivity contribution is 7.91. The van der Waals surface area contributed by atoms with Gasteiger partial charge in [0.1, 0.15) is 9.75 Å². The van der Waals surface area contributed by atoms with E-state index in [1.54, 1.807) is 17.5 Å². The molecule has 23 heavy (non-hydrogen) atoms. The van der Waals surface area contributed by atoms with Crippen LogP contribution in [0.3, 0.4) is 0 Å². The van der Waals surface area contributed by atoms with E-state index in [-0.39, 0.29) is 5.91 Å². The van der Waals surface area contributed by atoms with Crippen LogP contribution in [0.15, 0.2) is 21.7 Å². The van der Waals surface area contributed by atoms with Crippen molar-refractivity contribution in [3.05, 3.63) is 17.5 Å². The van der Waals surface area contributed by atoms with Crippen LogP contribution >= 0.6 is 11.3 Å². The topological polar surface area (TPSA) is 83.7 Å². The standard InChI is InChI=1S/C15H23N3O3S2/c16-14(19)15(17-8-2-1-3-9-17)6-10-18(11-7-15)23(20,21)13-5-4-12-22-13/h4-5,12H,1-3,6-11H2,(H2,16,19). The maximum absolute atomic E-state index is 12.6. The van der Waals surface area contributed by atoms with Crippen molar-refractivity contribution in [1.82, 2.24) is 9.21 Å². The van der Waals surface area contributed by atoms with Gasteiger partial charge in [-0.25, -0.2) is 8.42 Å². The summed E-state index contributed by atoms with van der Waals surface area (Å²) in [5.41, 5.74) is 5.06. The van der Waals surface area contributed by atoms with Crippen LogP contribution in [-0.4, -0.2) is 55.2 Å². The van der Waals surface area contributed by atoms with Crippen molar-refractivity contribution < 1.29 is 13.2 Å². The van der Waals surface area contributed by atoms with Gasteiger partial charge in [-0.3, -0.25) is 9.69 Å². The zero-order valence-corrected chi connectivity index (χ0v) is 14.7. The molecule has 3 rings (SSSR count). The number of primary amides is 1. The molecule has 0 aromatic carbocycles. The van der Waals surface area contributed by atoms with E-state index in [0.29, 0.717) is 30.1 Å². The Labute approximate surface area is 141 Å². The molecule has 8 heteroatoms. The highest BCUT2D eigenvalue weighted by Crippen LogP contribution is 2.34. The van der Waals surface area contributed by atoms with Gasteiger partial charge in [-0.1, -0.05) is 12.5 Å². The Morgan fingerprint density at radius 2 is 1.78 bits per heavy atom. The Kier molecular flexibility index (Phi) is 4.78. The summed E-state index contributed by atoms with van der Waals surface area (Å²) in [6.45, 7) is 2.45. The van der Waals surface area contributed by atoms with Crippen molar-refractivity contribution in [2.45, 2.75) is 41.9 Å². The second-order valence-electron chi connectivity index (χ2n) is 6.28. The van der Waals surface area contributed by atoms with Gasteiger partial charge in [0.25, 0.3) is 10.0 Å². The molecule has 1 aromatic heterocycles. The smallest absolute Gasteiger partial charge is 0.252 e. The predicted octanol–water partition coefficient (Wildman–Crippen LogP) is 1.24. The number of carbonyl (C=O) groups is 1. The molecule has 2 saturated heterocycles. The monoisotopic (exact) mass is 357 g/mol. The zero-order chi connectivity index (χ0) is 16.5. The molecule has 2 fully saturated rings. The Morgan fingerprint density at radius 1 is 1.13 bits per heavy atom. The van der Waals surface area contributed by atoms with Gasteiger partial charge in [-0.15, -0.1) is 11.3 Å². The van der Waals surface area contributed by atoms with E-state index in [0.717, 1.165) is 25.9 Å². The summed E-state index contributed by atoms with van der Waals surface area (Å²) < 4.78 is 27.1. The van der Waals surface area contributed by atoms with Gasteiger partial charge in [-0.2, -0.15) is 4.31 Å². The fraction of sp³-hybridized carbons (Fsp3) is 0.667. The van der Waals surface area contributed by atoms with Gasteiger partial charge in [-0.05, 0) is 50.2 Å². The molecule has 3 heterocycles. The largest absolute Gasteiger partial charge is 0.368 e. The van der Waals surface area contributed by atoms with E-state index in [1.165, 1.54) is 22.1 Å². The third-order valence-electron chi connectivity index (χ3n) is 5.06. The number of carbonyl (C=O) groups excluding carboxylic acids is 1. The van der Waals surface area contributed by atoms with Crippen LogP contribution in [0.1, 0.15) is 32.1 Å². The molecular weight excluding hydrogens is 334 g/mol. The lowest BCUT2D eigenvalue weighted by Gasteiger charge is -2.47. The Morgan fingerprint density at radius 3 is 2.30 bits per heavy atom. The lowest BCUT2D eigenvalue weighted by Crippen LogP contribution is -2.63. The SMILES string of the molecule is NC(=O)C1(N2CCCCC2)CCN(S(=O)(=O)c2cccs2)CC1. The number of sulfonamides is 1. The Bertz CT molecular complexity index is 644. The van der Waals surface area contributed by atoms with E-state index in [4.69, 9.17) is 5.73 Å². The fourth-order valence-corrected chi connectivity index (χ4v) is 6.26. The molecule has 0 spiro atoms. The minimum Gasteiger partial charge on any atom is -0.368 e. The maximum atomic E-state index is 12.6. The van der Waals surface area contributed by atoms with Crippen LogP contribution < -0.4 is 5.73 Å².